The van der Waals surface area contributed by atoms with Gasteiger partial charge in [-0.2, -0.15) is 0 Å². The highest BCUT2D eigenvalue weighted by molar-refractivity contribution is 7.80. The van der Waals surface area contributed by atoms with Gasteiger partial charge in [0.15, 0.2) is 16.6 Å². The van der Waals surface area contributed by atoms with Crippen LogP contribution in [0.3, 0.4) is 0 Å². The molecular weight excluding hydrogens is 272 g/mol. The summed E-state index contributed by atoms with van der Waals surface area (Å²) < 4.78 is 10.8. The minimum atomic E-state index is 0.349. The molecule has 2 atom stereocenters. The maximum Gasteiger partial charge on any atom is 0.169 e. The molecule has 0 bridgehead atoms. The van der Waals surface area contributed by atoms with Gasteiger partial charge in [0.25, 0.3) is 0 Å². The summed E-state index contributed by atoms with van der Waals surface area (Å²) in [6, 6.07) is 4.98. The lowest BCUT2D eigenvalue weighted by Crippen LogP contribution is -2.54. The lowest BCUT2D eigenvalue weighted by Gasteiger charge is -2.45. The van der Waals surface area contributed by atoms with Crippen LogP contribution >= 0.6 is 12.2 Å². The molecule has 1 aromatic carbocycles. The maximum absolute atomic E-state index is 5.48. The molecule has 4 nitrogen and oxygen atoms in total. The van der Waals surface area contributed by atoms with E-state index in [-0.39, 0.29) is 0 Å². The number of methoxy groups -OCH3 is 2. The van der Waals surface area contributed by atoms with Gasteiger partial charge in [0.05, 0.1) is 20.3 Å². The van der Waals surface area contributed by atoms with Crippen molar-refractivity contribution in [2.75, 3.05) is 20.8 Å². The summed E-state index contributed by atoms with van der Waals surface area (Å²) in [7, 11) is 3.36. The average Bonchev–Trinajstić information content (AvgIpc) is 2.45. The lowest BCUT2D eigenvalue weighted by atomic mass is 9.87. The number of thiocarbonyl (C=S) groups is 1. The molecule has 5 heteroatoms. The number of hydrogen-bond donors (Lipinski definition) is 1. The van der Waals surface area contributed by atoms with E-state index in [2.05, 4.69) is 29.3 Å². The molecule has 1 saturated heterocycles. The maximum atomic E-state index is 5.48. The molecule has 2 heterocycles. The van der Waals surface area contributed by atoms with Crippen LogP contribution in [0.5, 0.6) is 11.5 Å². The predicted octanol–water partition coefficient (Wildman–Crippen LogP) is 2.27. The number of rotatable bonds is 2. The largest absolute Gasteiger partial charge is 0.493 e. The second kappa shape index (κ2) is 5.13. The minimum absolute atomic E-state index is 0.349. The summed E-state index contributed by atoms with van der Waals surface area (Å²) in [5.41, 5.74) is 2.67. The number of nitrogens with zero attached hydrogens (tertiary/aromatic N) is 1. The predicted molar refractivity (Wildman–Crippen MR) is 82.5 cm³/mol. The quantitative estimate of drug-likeness (QED) is 0.846. The molecule has 1 fully saturated rings. The van der Waals surface area contributed by atoms with E-state index in [0.717, 1.165) is 36.0 Å². The van der Waals surface area contributed by atoms with Crippen molar-refractivity contribution in [2.45, 2.75) is 31.8 Å². The molecule has 20 heavy (non-hydrogen) atoms. The third-order valence-electron chi connectivity index (χ3n) is 4.21. The Morgan fingerprint density at radius 3 is 2.65 bits per heavy atom. The van der Waals surface area contributed by atoms with Crippen LogP contribution in [0.1, 0.15) is 30.5 Å². The van der Waals surface area contributed by atoms with Crippen molar-refractivity contribution in [3.05, 3.63) is 23.3 Å². The zero-order chi connectivity index (χ0) is 14.3. The Labute approximate surface area is 125 Å². The van der Waals surface area contributed by atoms with Crippen LogP contribution in [-0.2, 0) is 6.42 Å². The SMILES string of the molecule is COc1cc2c(cc1OC)[C@H]1C[C@@H](C)NC(=S)N1CC2. The van der Waals surface area contributed by atoms with Gasteiger partial charge in [-0.3, -0.25) is 0 Å². The third kappa shape index (κ3) is 2.10. The number of fused-ring (bicyclic) bond motifs is 3. The summed E-state index contributed by atoms with van der Waals surface area (Å²) >= 11 is 5.48. The van der Waals surface area contributed by atoms with Crippen molar-refractivity contribution < 1.29 is 9.47 Å². The Kier molecular flexibility index (Phi) is 3.46. The first-order valence-electron chi connectivity index (χ1n) is 6.96. The highest BCUT2D eigenvalue weighted by Crippen LogP contribution is 2.40. The van der Waals surface area contributed by atoms with Crippen LogP contribution in [0.2, 0.25) is 0 Å². The molecule has 0 radical (unpaired) electrons. The molecular formula is C15H20N2O2S. The van der Waals surface area contributed by atoms with Gasteiger partial charge in [-0.1, -0.05) is 0 Å². The molecule has 0 aliphatic carbocycles. The summed E-state index contributed by atoms with van der Waals surface area (Å²) in [4.78, 5) is 2.30. The Bertz CT molecular complexity index is 547. The topological polar surface area (TPSA) is 33.7 Å². The molecule has 0 aromatic heterocycles. The van der Waals surface area contributed by atoms with Gasteiger partial charge < -0.3 is 19.7 Å². The van der Waals surface area contributed by atoms with E-state index < -0.39 is 0 Å². The average molecular weight is 292 g/mol. The number of benzene rings is 1. The molecule has 0 amide bonds. The fraction of sp³-hybridized carbons (Fsp3) is 0.533. The molecule has 2 aliphatic rings. The second-order valence-electron chi connectivity index (χ2n) is 5.45. The van der Waals surface area contributed by atoms with E-state index in [1.165, 1.54) is 11.1 Å². The van der Waals surface area contributed by atoms with Gasteiger partial charge in [-0.15, -0.1) is 0 Å². The highest BCUT2D eigenvalue weighted by Gasteiger charge is 2.35. The Morgan fingerprint density at radius 2 is 1.95 bits per heavy atom. The van der Waals surface area contributed by atoms with Gasteiger partial charge in [-0.05, 0) is 55.2 Å². The Hall–Kier alpha value is -1.49. The van der Waals surface area contributed by atoms with Gasteiger partial charge in [0.1, 0.15) is 0 Å². The van der Waals surface area contributed by atoms with Crippen LogP contribution in [0.4, 0.5) is 0 Å². The first-order valence-corrected chi connectivity index (χ1v) is 7.36. The standard InChI is InChI=1S/C15H20N2O2S/c1-9-6-12-11-8-14(19-3)13(18-2)7-10(11)4-5-17(12)15(20)16-9/h7-9,12H,4-6H2,1-3H3,(H,16,20)/t9-,12-/m1/s1. The molecule has 1 aromatic rings. The van der Waals surface area contributed by atoms with Crippen LogP contribution in [-0.4, -0.2) is 36.8 Å². The van der Waals surface area contributed by atoms with Crippen LogP contribution in [0.15, 0.2) is 12.1 Å². The van der Waals surface area contributed by atoms with Gasteiger partial charge >= 0.3 is 0 Å². The smallest absolute Gasteiger partial charge is 0.169 e. The van der Waals surface area contributed by atoms with Gasteiger partial charge in [0.2, 0.25) is 0 Å². The summed E-state index contributed by atoms with van der Waals surface area (Å²) in [5.74, 6) is 1.61. The summed E-state index contributed by atoms with van der Waals surface area (Å²) in [5, 5.41) is 4.23. The van der Waals surface area contributed by atoms with Crippen LogP contribution in [0, 0.1) is 0 Å². The second-order valence-corrected chi connectivity index (χ2v) is 5.84. The highest BCUT2D eigenvalue weighted by atomic mass is 32.1. The fourth-order valence-electron chi connectivity index (χ4n) is 3.21. The molecule has 0 spiro atoms. The molecule has 3 rings (SSSR count). The van der Waals surface area contributed by atoms with E-state index in [1.54, 1.807) is 14.2 Å². The molecule has 0 unspecified atom stereocenters. The molecule has 1 N–H and O–H groups in total. The van der Waals surface area contributed by atoms with Crippen molar-refractivity contribution in [3.8, 4) is 11.5 Å². The van der Waals surface area contributed by atoms with Crippen molar-refractivity contribution in [2.24, 2.45) is 0 Å². The van der Waals surface area contributed by atoms with E-state index >= 15 is 0 Å². The zero-order valence-corrected chi connectivity index (χ0v) is 12.9. The van der Waals surface area contributed by atoms with E-state index in [9.17, 15) is 0 Å². The van der Waals surface area contributed by atoms with E-state index in [0.29, 0.717) is 12.1 Å². The normalized spacial score (nSPS) is 24.6. The van der Waals surface area contributed by atoms with Crippen molar-refractivity contribution in [1.29, 1.82) is 0 Å². The first kappa shape index (κ1) is 13.5. The number of nitrogens with one attached hydrogen (secondary N) is 1. The molecule has 108 valence electrons. The zero-order valence-electron chi connectivity index (χ0n) is 12.1. The molecule has 0 saturated carbocycles. The number of ether oxygens (including phenoxy) is 2. The summed E-state index contributed by atoms with van der Waals surface area (Å²) in [6.07, 6.45) is 2.05. The van der Waals surface area contributed by atoms with Crippen molar-refractivity contribution in [1.82, 2.24) is 10.2 Å². The minimum Gasteiger partial charge on any atom is -0.493 e. The first-order chi connectivity index (χ1) is 9.63. The van der Waals surface area contributed by atoms with E-state index in [1.807, 2.05) is 0 Å². The summed E-state index contributed by atoms with van der Waals surface area (Å²) in [6.45, 7) is 3.14. The van der Waals surface area contributed by atoms with Crippen molar-refractivity contribution in [3.63, 3.8) is 0 Å². The van der Waals surface area contributed by atoms with E-state index in [4.69, 9.17) is 21.7 Å². The fourth-order valence-corrected chi connectivity index (χ4v) is 3.63. The Morgan fingerprint density at radius 1 is 1.25 bits per heavy atom. The number of hydrogen-bond acceptors (Lipinski definition) is 3. The monoisotopic (exact) mass is 292 g/mol. The van der Waals surface area contributed by atoms with Crippen molar-refractivity contribution >= 4 is 17.3 Å². The Balaban J connectivity index is 2.04. The molecule has 2 aliphatic heterocycles. The third-order valence-corrected chi connectivity index (χ3v) is 4.56. The van der Waals surface area contributed by atoms with Gasteiger partial charge in [-0.25, -0.2) is 0 Å². The van der Waals surface area contributed by atoms with Gasteiger partial charge in [0, 0.05) is 12.6 Å². The lowest BCUT2D eigenvalue weighted by molar-refractivity contribution is 0.232. The van der Waals surface area contributed by atoms with Crippen LogP contribution < -0.4 is 14.8 Å². The van der Waals surface area contributed by atoms with Crippen LogP contribution in [0.25, 0.3) is 0 Å².